The van der Waals surface area contributed by atoms with Gasteiger partial charge >= 0.3 is 0 Å². The Kier molecular flexibility index (Phi) is 5.58. The normalized spacial score (nSPS) is 10.1. The van der Waals surface area contributed by atoms with Crippen molar-refractivity contribution in [2.75, 3.05) is 13.2 Å². The van der Waals surface area contributed by atoms with Crippen LogP contribution in [0.5, 0.6) is 11.5 Å². The summed E-state index contributed by atoms with van der Waals surface area (Å²) in [6.07, 6.45) is 0.792. The third-order valence-electron chi connectivity index (χ3n) is 3.05. The van der Waals surface area contributed by atoms with E-state index in [1.54, 1.807) is 0 Å². The standard InChI is InChI=1S/C17H19NO2S/c1-13-7-2-4-9-15(13)19-11-6-12-20-16-10-5-3-8-14(16)17(18)21/h2-5,7-10H,6,11-12H2,1H3,(H2,18,21). The number of benzene rings is 2. The summed E-state index contributed by atoms with van der Waals surface area (Å²) in [4.78, 5) is 0.349. The molecular weight excluding hydrogens is 282 g/mol. The largest absolute Gasteiger partial charge is 0.493 e. The molecule has 0 spiro atoms. The average molecular weight is 301 g/mol. The fraction of sp³-hybridized carbons (Fsp3) is 0.235. The van der Waals surface area contributed by atoms with E-state index in [1.165, 1.54) is 0 Å². The summed E-state index contributed by atoms with van der Waals surface area (Å²) in [5.41, 5.74) is 7.57. The van der Waals surface area contributed by atoms with Crippen molar-refractivity contribution in [2.45, 2.75) is 13.3 Å². The van der Waals surface area contributed by atoms with Crippen LogP contribution in [0.25, 0.3) is 0 Å². The molecule has 0 radical (unpaired) electrons. The number of thiocarbonyl (C=S) groups is 1. The smallest absolute Gasteiger partial charge is 0.129 e. The molecule has 0 unspecified atom stereocenters. The van der Waals surface area contributed by atoms with Gasteiger partial charge in [-0.05, 0) is 30.7 Å². The predicted octanol–water partition coefficient (Wildman–Crippen LogP) is 3.48. The first kappa shape index (κ1) is 15.3. The summed E-state index contributed by atoms with van der Waals surface area (Å²) in [7, 11) is 0. The van der Waals surface area contributed by atoms with Crippen LogP contribution in [0.4, 0.5) is 0 Å². The lowest BCUT2D eigenvalue weighted by atomic mass is 10.2. The van der Waals surface area contributed by atoms with Crippen LogP contribution in [0.3, 0.4) is 0 Å². The third-order valence-corrected chi connectivity index (χ3v) is 3.27. The second-order valence-electron chi connectivity index (χ2n) is 4.68. The first-order valence-electron chi connectivity index (χ1n) is 6.88. The topological polar surface area (TPSA) is 44.5 Å². The van der Waals surface area contributed by atoms with E-state index in [0.29, 0.717) is 18.2 Å². The fourth-order valence-electron chi connectivity index (χ4n) is 1.94. The first-order valence-corrected chi connectivity index (χ1v) is 7.29. The summed E-state index contributed by atoms with van der Waals surface area (Å²) >= 11 is 5.00. The van der Waals surface area contributed by atoms with Crippen LogP contribution in [0, 0.1) is 6.92 Å². The van der Waals surface area contributed by atoms with Gasteiger partial charge in [0.15, 0.2) is 0 Å². The summed E-state index contributed by atoms with van der Waals surface area (Å²) < 4.78 is 11.4. The summed E-state index contributed by atoms with van der Waals surface area (Å²) in [5.74, 6) is 1.64. The number of rotatable bonds is 7. The van der Waals surface area contributed by atoms with Crippen molar-refractivity contribution in [3.63, 3.8) is 0 Å². The molecule has 0 saturated carbocycles. The molecule has 0 heterocycles. The molecule has 2 rings (SSSR count). The van der Waals surface area contributed by atoms with Crippen molar-refractivity contribution in [1.29, 1.82) is 0 Å². The van der Waals surface area contributed by atoms with Crippen LogP contribution in [0.1, 0.15) is 17.5 Å². The van der Waals surface area contributed by atoms with Gasteiger partial charge in [0.25, 0.3) is 0 Å². The number of ether oxygens (including phenoxy) is 2. The summed E-state index contributed by atoms with van der Waals surface area (Å²) in [5, 5.41) is 0. The van der Waals surface area contributed by atoms with Gasteiger partial charge in [-0.2, -0.15) is 0 Å². The van der Waals surface area contributed by atoms with E-state index < -0.39 is 0 Å². The predicted molar refractivity (Wildman–Crippen MR) is 89.1 cm³/mol. The SMILES string of the molecule is Cc1ccccc1OCCCOc1ccccc1C(N)=S. The van der Waals surface area contributed by atoms with Crippen molar-refractivity contribution in [3.8, 4) is 11.5 Å². The zero-order chi connectivity index (χ0) is 15.1. The maximum absolute atomic E-state index is 5.72. The van der Waals surface area contributed by atoms with E-state index in [-0.39, 0.29) is 0 Å². The Morgan fingerprint density at radius 2 is 1.52 bits per heavy atom. The van der Waals surface area contributed by atoms with Crippen molar-refractivity contribution in [2.24, 2.45) is 5.73 Å². The van der Waals surface area contributed by atoms with Crippen LogP contribution >= 0.6 is 12.2 Å². The van der Waals surface area contributed by atoms with Crippen LogP contribution in [-0.2, 0) is 0 Å². The lowest BCUT2D eigenvalue weighted by Gasteiger charge is -2.11. The monoisotopic (exact) mass is 301 g/mol. The lowest BCUT2D eigenvalue weighted by molar-refractivity contribution is 0.246. The van der Waals surface area contributed by atoms with Gasteiger partial charge in [0.1, 0.15) is 16.5 Å². The van der Waals surface area contributed by atoms with Crippen molar-refractivity contribution in [3.05, 3.63) is 59.7 Å². The minimum atomic E-state index is 0.349. The molecule has 0 aliphatic rings. The van der Waals surface area contributed by atoms with E-state index in [9.17, 15) is 0 Å². The quantitative estimate of drug-likeness (QED) is 0.628. The molecule has 0 fully saturated rings. The Morgan fingerprint density at radius 3 is 2.19 bits per heavy atom. The van der Waals surface area contributed by atoms with Crippen LogP contribution in [0.15, 0.2) is 48.5 Å². The van der Waals surface area contributed by atoms with Crippen LogP contribution < -0.4 is 15.2 Å². The minimum absolute atomic E-state index is 0.349. The van der Waals surface area contributed by atoms with Gasteiger partial charge in [0.05, 0.1) is 18.8 Å². The average Bonchev–Trinajstić information content (AvgIpc) is 2.49. The number of aryl methyl sites for hydroxylation is 1. The first-order chi connectivity index (χ1) is 10.2. The number of hydrogen-bond acceptors (Lipinski definition) is 3. The molecule has 0 aliphatic heterocycles. The van der Waals surface area contributed by atoms with E-state index >= 15 is 0 Å². The molecule has 0 aliphatic carbocycles. The highest BCUT2D eigenvalue weighted by Crippen LogP contribution is 2.18. The second kappa shape index (κ2) is 7.64. The van der Waals surface area contributed by atoms with Crippen LogP contribution in [0.2, 0.25) is 0 Å². The zero-order valence-corrected chi connectivity index (χ0v) is 12.9. The van der Waals surface area contributed by atoms with Gasteiger partial charge in [-0.3, -0.25) is 0 Å². The van der Waals surface area contributed by atoms with Gasteiger partial charge in [0, 0.05) is 6.42 Å². The highest BCUT2D eigenvalue weighted by molar-refractivity contribution is 7.80. The minimum Gasteiger partial charge on any atom is -0.493 e. The number of nitrogens with two attached hydrogens (primary N) is 1. The number of hydrogen-bond donors (Lipinski definition) is 1. The molecule has 0 aromatic heterocycles. The summed E-state index contributed by atoms with van der Waals surface area (Å²) in [6.45, 7) is 3.20. The highest BCUT2D eigenvalue weighted by Gasteiger charge is 2.05. The van der Waals surface area contributed by atoms with Gasteiger partial charge in [-0.15, -0.1) is 0 Å². The molecule has 0 bridgehead atoms. The summed E-state index contributed by atoms with van der Waals surface area (Å²) in [6, 6.07) is 15.5. The van der Waals surface area contributed by atoms with Gasteiger partial charge < -0.3 is 15.2 Å². The second-order valence-corrected chi connectivity index (χ2v) is 5.12. The Balaban J connectivity index is 1.78. The highest BCUT2D eigenvalue weighted by atomic mass is 32.1. The Morgan fingerprint density at radius 1 is 0.952 bits per heavy atom. The van der Waals surface area contributed by atoms with Gasteiger partial charge in [-0.25, -0.2) is 0 Å². The molecular formula is C17H19NO2S. The van der Waals surface area contributed by atoms with Gasteiger partial charge in [0.2, 0.25) is 0 Å². The molecule has 2 aromatic rings. The molecule has 0 atom stereocenters. The van der Waals surface area contributed by atoms with Gasteiger partial charge in [-0.1, -0.05) is 42.5 Å². The van der Waals surface area contributed by atoms with Crippen molar-refractivity contribution < 1.29 is 9.47 Å². The Hall–Kier alpha value is -2.07. The van der Waals surface area contributed by atoms with E-state index in [2.05, 4.69) is 0 Å². The molecule has 2 N–H and O–H groups in total. The maximum atomic E-state index is 5.72. The van der Waals surface area contributed by atoms with Crippen LogP contribution in [-0.4, -0.2) is 18.2 Å². The van der Waals surface area contributed by atoms with E-state index in [4.69, 9.17) is 27.4 Å². The maximum Gasteiger partial charge on any atom is 0.129 e. The number of para-hydroxylation sites is 2. The molecule has 0 amide bonds. The molecule has 0 saturated heterocycles. The lowest BCUT2D eigenvalue weighted by Crippen LogP contribution is -2.12. The van der Waals surface area contributed by atoms with Crippen molar-refractivity contribution >= 4 is 17.2 Å². The zero-order valence-electron chi connectivity index (χ0n) is 12.0. The molecule has 3 nitrogen and oxygen atoms in total. The van der Waals surface area contributed by atoms with E-state index in [1.807, 2.05) is 55.5 Å². The Bertz CT molecular complexity index is 613. The molecule has 21 heavy (non-hydrogen) atoms. The Labute approximate surface area is 130 Å². The molecule has 4 heteroatoms. The fourth-order valence-corrected chi connectivity index (χ4v) is 2.11. The third kappa shape index (κ3) is 4.46. The molecule has 110 valence electrons. The van der Waals surface area contributed by atoms with Crippen molar-refractivity contribution in [1.82, 2.24) is 0 Å². The van der Waals surface area contributed by atoms with E-state index in [0.717, 1.165) is 29.0 Å². The molecule has 2 aromatic carbocycles.